The van der Waals surface area contributed by atoms with E-state index in [0.29, 0.717) is 12.8 Å². The molecule has 0 bridgehead atoms. The summed E-state index contributed by atoms with van der Waals surface area (Å²) in [5.74, 6) is -1.98. The Morgan fingerprint density at radius 3 is 2.13 bits per heavy atom. The van der Waals surface area contributed by atoms with Crippen molar-refractivity contribution in [3.63, 3.8) is 0 Å². The summed E-state index contributed by atoms with van der Waals surface area (Å²) >= 11 is 0. The summed E-state index contributed by atoms with van der Waals surface area (Å²) in [6.45, 7) is 16.2. The topological polar surface area (TPSA) is 120 Å². The number of carbonyl (C=O) groups is 3. The molecule has 31 heavy (non-hydrogen) atoms. The molecule has 2 aliphatic rings. The van der Waals surface area contributed by atoms with Crippen molar-refractivity contribution < 1.29 is 23.9 Å². The Morgan fingerprint density at radius 1 is 1.19 bits per heavy atom. The minimum atomic E-state index is -2.15. The predicted octanol–water partition coefficient (Wildman–Crippen LogP) is 2.90. The number of rotatable bonds is 6. The first-order valence-corrected chi connectivity index (χ1v) is 13.8. The van der Waals surface area contributed by atoms with Gasteiger partial charge in [0.05, 0.1) is 12.2 Å². The van der Waals surface area contributed by atoms with Gasteiger partial charge in [-0.05, 0) is 36.4 Å². The number of hydrogen-bond donors (Lipinski definition) is 2. The van der Waals surface area contributed by atoms with Gasteiger partial charge < -0.3 is 19.7 Å². The zero-order valence-electron chi connectivity index (χ0n) is 20.0. The van der Waals surface area contributed by atoms with E-state index in [1.807, 2.05) is 26.8 Å². The molecule has 2 fully saturated rings. The van der Waals surface area contributed by atoms with Gasteiger partial charge in [0.2, 0.25) is 11.8 Å². The molecular formula is C22H37N3O5Si. The molecule has 1 saturated heterocycles. The fourth-order valence-electron chi connectivity index (χ4n) is 3.55. The molecule has 174 valence electrons. The normalized spacial score (nSPS) is 24.3. The first-order chi connectivity index (χ1) is 13.9. The second-order valence-corrected chi connectivity index (χ2v) is 16.3. The van der Waals surface area contributed by atoms with Crippen molar-refractivity contribution >= 4 is 26.1 Å². The maximum absolute atomic E-state index is 13.5. The number of nitriles is 1. The zero-order valence-corrected chi connectivity index (χ0v) is 21.0. The van der Waals surface area contributed by atoms with Crippen LogP contribution in [0.1, 0.15) is 60.8 Å². The van der Waals surface area contributed by atoms with Crippen molar-refractivity contribution in [3.05, 3.63) is 0 Å². The number of nitrogens with one attached hydrogen (secondary N) is 1. The van der Waals surface area contributed by atoms with Crippen molar-refractivity contribution in [2.75, 3.05) is 6.54 Å². The third kappa shape index (κ3) is 5.29. The van der Waals surface area contributed by atoms with E-state index >= 15 is 0 Å². The lowest BCUT2D eigenvalue weighted by Crippen LogP contribution is -2.57. The van der Waals surface area contributed by atoms with Crippen LogP contribution in [0.3, 0.4) is 0 Å². The molecule has 0 spiro atoms. The summed E-state index contributed by atoms with van der Waals surface area (Å²) in [6, 6.07) is 0.109. The zero-order chi connectivity index (χ0) is 24.0. The van der Waals surface area contributed by atoms with Crippen LogP contribution in [0.25, 0.3) is 0 Å². The summed E-state index contributed by atoms with van der Waals surface area (Å²) in [5.41, 5.74) is -1.71. The molecule has 0 aromatic rings. The highest BCUT2D eigenvalue weighted by molar-refractivity contribution is 6.74. The van der Waals surface area contributed by atoms with E-state index in [0.717, 1.165) is 0 Å². The number of carboxylic acid groups (broad SMARTS) is 1. The number of hydrogen-bond acceptors (Lipinski definition) is 5. The molecule has 8 nitrogen and oxygen atoms in total. The molecule has 1 saturated carbocycles. The molecule has 2 N–H and O–H groups in total. The summed E-state index contributed by atoms with van der Waals surface area (Å²) in [5, 5.41) is 21.8. The second-order valence-electron chi connectivity index (χ2n) is 11.5. The number of aliphatic carboxylic acids is 1. The van der Waals surface area contributed by atoms with Crippen LogP contribution in [0, 0.1) is 22.2 Å². The fraction of sp³-hybridized carbons (Fsp3) is 0.818. The third-order valence-electron chi connectivity index (χ3n) is 6.89. The molecule has 0 radical (unpaired) electrons. The van der Waals surface area contributed by atoms with E-state index in [2.05, 4.69) is 39.2 Å². The smallest absolute Gasteiger partial charge is 0.326 e. The summed E-state index contributed by atoms with van der Waals surface area (Å²) in [4.78, 5) is 39.5. The summed E-state index contributed by atoms with van der Waals surface area (Å²) < 4.78 is 6.40. The minimum Gasteiger partial charge on any atom is -0.480 e. The maximum Gasteiger partial charge on any atom is 0.326 e. The lowest BCUT2D eigenvalue weighted by molar-refractivity contribution is -0.151. The molecule has 3 atom stereocenters. The summed E-state index contributed by atoms with van der Waals surface area (Å²) in [7, 11) is -2.15. The monoisotopic (exact) mass is 451 g/mol. The number of carbonyl (C=O) groups excluding carboxylic acids is 2. The first-order valence-electron chi connectivity index (χ1n) is 10.9. The van der Waals surface area contributed by atoms with E-state index in [-0.39, 0.29) is 24.1 Å². The van der Waals surface area contributed by atoms with Gasteiger partial charge in [0.15, 0.2) is 8.32 Å². The largest absolute Gasteiger partial charge is 0.480 e. The van der Waals surface area contributed by atoms with E-state index < -0.39 is 49.0 Å². The Bertz CT molecular complexity index is 786. The van der Waals surface area contributed by atoms with Crippen LogP contribution < -0.4 is 5.32 Å². The van der Waals surface area contributed by atoms with E-state index in [1.165, 1.54) is 4.90 Å². The number of likely N-dealkylation sites (tertiary alicyclic amines) is 1. The van der Waals surface area contributed by atoms with Crippen LogP contribution in [0.4, 0.5) is 0 Å². The maximum atomic E-state index is 13.5. The van der Waals surface area contributed by atoms with Gasteiger partial charge in [-0.2, -0.15) is 5.26 Å². The van der Waals surface area contributed by atoms with Gasteiger partial charge in [0.25, 0.3) is 0 Å². The quantitative estimate of drug-likeness (QED) is 0.599. The SMILES string of the molecule is CC(C)(C)[C@H](NC(=O)C1(C#N)CC1)C(=O)N1C[C@H](O[Si](C)(C)C(C)(C)C)C[C@H]1C(=O)O. The van der Waals surface area contributed by atoms with E-state index in [1.54, 1.807) is 0 Å². The van der Waals surface area contributed by atoms with Crippen LogP contribution >= 0.6 is 0 Å². The van der Waals surface area contributed by atoms with Gasteiger partial charge in [0.1, 0.15) is 17.5 Å². The highest BCUT2D eigenvalue weighted by Gasteiger charge is 2.53. The average molecular weight is 452 g/mol. The highest BCUT2D eigenvalue weighted by Crippen LogP contribution is 2.45. The van der Waals surface area contributed by atoms with Crippen molar-refractivity contribution in [1.29, 1.82) is 5.26 Å². The van der Waals surface area contributed by atoms with Gasteiger partial charge in [-0.3, -0.25) is 9.59 Å². The molecule has 1 aliphatic carbocycles. The number of carboxylic acids is 1. The van der Waals surface area contributed by atoms with E-state index in [4.69, 9.17) is 4.43 Å². The van der Waals surface area contributed by atoms with Crippen molar-refractivity contribution in [1.82, 2.24) is 10.2 Å². The van der Waals surface area contributed by atoms with Crippen LogP contribution in [-0.4, -0.2) is 60.8 Å². The molecule has 2 rings (SSSR count). The van der Waals surface area contributed by atoms with Crippen molar-refractivity contribution in [2.45, 2.75) is 97.1 Å². The van der Waals surface area contributed by atoms with Crippen LogP contribution in [0.2, 0.25) is 18.1 Å². The number of amides is 2. The first kappa shape index (κ1) is 25.3. The van der Waals surface area contributed by atoms with Gasteiger partial charge >= 0.3 is 5.97 Å². The molecule has 0 aromatic heterocycles. The lowest BCUT2D eigenvalue weighted by atomic mass is 9.85. The van der Waals surface area contributed by atoms with Crippen molar-refractivity contribution in [3.8, 4) is 6.07 Å². The Balaban J connectivity index is 2.25. The third-order valence-corrected chi connectivity index (χ3v) is 11.4. The van der Waals surface area contributed by atoms with Crippen LogP contribution in [0.15, 0.2) is 0 Å². The molecule has 9 heteroatoms. The molecule has 0 unspecified atom stereocenters. The molecule has 1 heterocycles. The minimum absolute atomic E-state index is 0.0407. The molecule has 2 amide bonds. The summed E-state index contributed by atoms with van der Waals surface area (Å²) in [6.07, 6.45) is 0.811. The van der Waals surface area contributed by atoms with Gasteiger partial charge in [-0.25, -0.2) is 4.79 Å². The Kier molecular flexibility index (Phi) is 6.71. The van der Waals surface area contributed by atoms with Gasteiger partial charge in [-0.15, -0.1) is 0 Å². The molecular weight excluding hydrogens is 414 g/mol. The standard InChI is InChI=1S/C22H37N3O5Si/c1-20(2,3)16(24-19(29)22(13-23)9-10-22)17(26)25-12-14(11-15(25)18(27)28)30-31(7,8)21(4,5)6/h14-16H,9-12H2,1-8H3,(H,24,29)(H,27,28)/t14-,15+,16-/m1/s1. The second kappa shape index (κ2) is 8.21. The average Bonchev–Trinajstić information content (AvgIpc) is 3.30. The van der Waals surface area contributed by atoms with Crippen LogP contribution in [0.5, 0.6) is 0 Å². The predicted molar refractivity (Wildman–Crippen MR) is 118 cm³/mol. The van der Waals surface area contributed by atoms with E-state index in [9.17, 15) is 24.8 Å². The Hall–Kier alpha value is -1.92. The van der Waals surface area contributed by atoms with Crippen molar-refractivity contribution in [2.24, 2.45) is 10.8 Å². The lowest BCUT2D eigenvalue weighted by Gasteiger charge is -2.38. The van der Waals surface area contributed by atoms with Crippen LogP contribution in [-0.2, 0) is 18.8 Å². The molecule has 1 aliphatic heterocycles. The highest BCUT2D eigenvalue weighted by atomic mass is 28.4. The Labute approximate surface area is 186 Å². The van der Waals surface area contributed by atoms with Gasteiger partial charge in [0, 0.05) is 13.0 Å². The van der Waals surface area contributed by atoms with Gasteiger partial charge in [-0.1, -0.05) is 41.5 Å². The Morgan fingerprint density at radius 2 is 1.74 bits per heavy atom. The fourth-order valence-corrected chi connectivity index (χ4v) is 4.91. The molecule has 0 aromatic carbocycles. The number of nitrogens with zero attached hydrogens (tertiary/aromatic N) is 2.